The fraction of sp³-hybridized carbons (Fsp3) is 0.333. The lowest BCUT2D eigenvalue weighted by Gasteiger charge is -2.29. The number of pyridine rings is 1. The Hall–Kier alpha value is -2.94. The van der Waals surface area contributed by atoms with Crippen molar-refractivity contribution >= 4 is 17.3 Å². The molecule has 1 amide bonds. The monoisotopic (exact) mass is 495 g/mol. The molecule has 0 bridgehead atoms. The van der Waals surface area contributed by atoms with E-state index in [-0.39, 0.29) is 29.7 Å². The van der Waals surface area contributed by atoms with Crippen LogP contribution < -0.4 is 14.8 Å². The molecule has 1 unspecified atom stereocenters. The molecule has 2 aromatic carbocycles. The number of rotatable bonds is 8. The van der Waals surface area contributed by atoms with Crippen LogP contribution in [0.2, 0.25) is 0 Å². The molecule has 0 aliphatic heterocycles. The van der Waals surface area contributed by atoms with E-state index in [9.17, 15) is 13.7 Å². The molecule has 1 saturated carbocycles. The topological polar surface area (TPSA) is 86.3 Å². The summed E-state index contributed by atoms with van der Waals surface area (Å²) in [6.45, 7) is 1.90. The lowest BCUT2D eigenvalue weighted by Crippen LogP contribution is -2.41. The van der Waals surface area contributed by atoms with Crippen LogP contribution >= 0.6 is 0 Å². The van der Waals surface area contributed by atoms with Crippen LogP contribution in [-0.2, 0) is 16.2 Å². The van der Waals surface area contributed by atoms with E-state index in [1.807, 2.05) is 43.3 Å². The molecule has 2 N–H and O–H groups in total. The second kappa shape index (κ2) is 11.7. The Morgan fingerprint density at radius 2 is 1.69 bits per heavy atom. The number of benzene rings is 2. The molecule has 6 nitrogen and oxygen atoms in total. The third kappa shape index (κ3) is 6.60. The maximum Gasteiger partial charge on any atom is 0.223 e. The predicted octanol–water partition coefficient (Wildman–Crippen LogP) is 4.94. The molecule has 4 rings (SSSR count). The molecule has 0 saturated heterocycles. The van der Waals surface area contributed by atoms with E-state index in [2.05, 4.69) is 15.0 Å². The normalized spacial score (nSPS) is 19.5. The molecule has 1 heterocycles. The lowest BCUT2D eigenvalue weighted by atomic mass is 9.85. The molecule has 2 atom stereocenters. The summed E-state index contributed by atoms with van der Waals surface area (Å²) in [6, 6.07) is 17.4. The molecule has 0 radical (unpaired) electrons. The van der Waals surface area contributed by atoms with Gasteiger partial charge in [-0.3, -0.25) is 4.79 Å². The van der Waals surface area contributed by atoms with Gasteiger partial charge in [0.1, 0.15) is 5.82 Å². The average Bonchev–Trinajstić information content (AvgIpc) is 2.89. The molecular weight excluding hydrogens is 465 g/mol. The quantitative estimate of drug-likeness (QED) is 0.432. The van der Waals surface area contributed by atoms with Gasteiger partial charge in [0.15, 0.2) is 4.90 Å². The number of carbonyl (C=O) groups is 1. The van der Waals surface area contributed by atoms with E-state index >= 15 is 0 Å². The van der Waals surface area contributed by atoms with Crippen molar-refractivity contribution in [2.75, 3.05) is 7.11 Å². The van der Waals surface area contributed by atoms with E-state index in [0.717, 1.165) is 42.4 Å². The first-order chi connectivity index (χ1) is 16.9. The first-order valence-corrected chi connectivity index (χ1v) is 12.9. The van der Waals surface area contributed by atoms with Crippen molar-refractivity contribution in [3.05, 3.63) is 78.2 Å². The van der Waals surface area contributed by atoms with Gasteiger partial charge in [0.2, 0.25) is 11.8 Å². The van der Waals surface area contributed by atoms with Crippen molar-refractivity contribution < 1.29 is 18.5 Å². The maximum absolute atomic E-state index is 13.1. The molecule has 3 aromatic rings. The van der Waals surface area contributed by atoms with Crippen molar-refractivity contribution in [3.63, 3.8) is 0 Å². The van der Waals surface area contributed by atoms with E-state index < -0.39 is 11.4 Å². The van der Waals surface area contributed by atoms with Gasteiger partial charge in [0.25, 0.3) is 0 Å². The highest BCUT2D eigenvalue weighted by Gasteiger charge is 2.29. The number of hydrogen-bond acceptors (Lipinski definition) is 5. The Balaban J connectivity index is 1.25. The SMILES string of the molecule is COc1ccc(-c2ccc([S+]([O-])N[C@H]3CC[C@H](C(=O)N[C@H](C)c4ccc(F)cc4)CC3)cc2)cn1. The molecule has 1 aromatic heterocycles. The minimum atomic E-state index is -1.33. The van der Waals surface area contributed by atoms with Gasteiger partial charge in [-0.05, 0) is 86.2 Å². The molecule has 0 spiro atoms. The predicted molar refractivity (Wildman–Crippen MR) is 134 cm³/mol. The van der Waals surface area contributed by atoms with E-state index in [1.165, 1.54) is 12.1 Å². The van der Waals surface area contributed by atoms with Crippen molar-refractivity contribution in [1.82, 2.24) is 15.0 Å². The van der Waals surface area contributed by atoms with Gasteiger partial charge >= 0.3 is 0 Å². The van der Waals surface area contributed by atoms with Crippen molar-refractivity contribution in [3.8, 4) is 17.0 Å². The standard InChI is InChI=1S/C27H30FN3O3S/c1-18(19-3-10-23(28)11-4-19)30-27(32)21-5-12-24(13-6-21)31-35(33)25-14-7-20(8-15-25)22-9-16-26(34-2)29-17-22/h3-4,7-11,14-18,21,24,31H,5-6,12-13H2,1-2H3,(H,30,32)/t18-,21-,24-,35?/m1/s1. The zero-order valence-corrected chi connectivity index (χ0v) is 20.7. The summed E-state index contributed by atoms with van der Waals surface area (Å²) in [4.78, 5) is 17.6. The zero-order valence-electron chi connectivity index (χ0n) is 19.9. The summed E-state index contributed by atoms with van der Waals surface area (Å²) in [7, 11) is 1.58. The molecular formula is C27H30FN3O3S. The van der Waals surface area contributed by atoms with Crippen LogP contribution in [0.15, 0.2) is 71.8 Å². The van der Waals surface area contributed by atoms with Crippen molar-refractivity contribution in [2.45, 2.75) is 49.6 Å². The molecule has 184 valence electrons. The number of halogens is 1. The number of nitrogens with one attached hydrogen (secondary N) is 2. The summed E-state index contributed by atoms with van der Waals surface area (Å²) < 4.78 is 34.3. The van der Waals surface area contributed by atoms with Gasteiger partial charge in [0, 0.05) is 23.7 Å². The van der Waals surface area contributed by atoms with Crippen LogP contribution in [0.3, 0.4) is 0 Å². The van der Waals surface area contributed by atoms with Gasteiger partial charge < -0.3 is 14.6 Å². The molecule has 1 aliphatic rings. The summed E-state index contributed by atoms with van der Waals surface area (Å²) >= 11 is -1.33. The van der Waals surface area contributed by atoms with Crippen molar-refractivity contribution in [2.24, 2.45) is 5.92 Å². The number of nitrogens with zero attached hydrogens (tertiary/aromatic N) is 1. The Labute approximate surface area is 208 Å². The van der Waals surface area contributed by atoms with Gasteiger partial charge in [-0.25, -0.2) is 9.37 Å². The second-order valence-electron chi connectivity index (χ2n) is 8.83. The lowest BCUT2D eigenvalue weighted by molar-refractivity contribution is -0.126. The van der Waals surface area contributed by atoms with Crippen molar-refractivity contribution in [1.29, 1.82) is 0 Å². The summed E-state index contributed by atoms with van der Waals surface area (Å²) in [5.74, 6) is 0.220. The van der Waals surface area contributed by atoms with Crippen LogP contribution in [-0.4, -0.2) is 28.6 Å². The largest absolute Gasteiger partial charge is 0.593 e. The minimum Gasteiger partial charge on any atom is -0.593 e. The second-order valence-corrected chi connectivity index (χ2v) is 10.1. The fourth-order valence-electron chi connectivity index (χ4n) is 4.30. The summed E-state index contributed by atoms with van der Waals surface area (Å²) in [6.07, 6.45) is 4.78. The Morgan fingerprint density at radius 1 is 1.03 bits per heavy atom. The van der Waals surface area contributed by atoms with Crippen LogP contribution in [0.25, 0.3) is 11.1 Å². The smallest absolute Gasteiger partial charge is 0.223 e. The van der Waals surface area contributed by atoms with E-state index in [4.69, 9.17) is 4.74 Å². The third-order valence-electron chi connectivity index (χ3n) is 6.45. The maximum atomic E-state index is 13.1. The van der Waals surface area contributed by atoms with Crippen LogP contribution in [0.5, 0.6) is 5.88 Å². The Morgan fingerprint density at radius 3 is 2.29 bits per heavy atom. The Kier molecular flexibility index (Phi) is 8.38. The highest BCUT2D eigenvalue weighted by Crippen LogP contribution is 2.27. The number of ether oxygens (including phenoxy) is 1. The highest BCUT2D eigenvalue weighted by molar-refractivity contribution is 7.89. The van der Waals surface area contributed by atoms with Gasteiger partial charge in [-0.15, -0.1) is 4.72 Å². The first-order valence-electron chi connectivity index (χ1n) is 11.8. The third-order valence-corrected chi connectivity index (χ3v) is 7.70. The van der Waals surface area contributed by atoms with Crippen LogP contribution in [0.1, 0.15) is 44.2 Å². The molecule has 8 heteroatoms. The first kappa shape index (κ1) is 25.2. The number of carbonyl (C=O) groups excluding carboxylic acids is 1. The van der Waals surface area contributed by atoms with E-state index in [1.54, 1.807) is 25.4 Å². The van der Waals surface area contributed by atoms with Gasteiger partial charge in [-0.1, -0.05) is 12.1 Å². The number of methoxy groups -OCH3 is 1. The van der Waals surface area contributed by atoms with Crippen LogP contribution in [0.4, 0.5) is 4.39 Å². The summed E-state index contributed by atoms with van der Waals surface area (Å²) in [5, 5.41) is 3.04. The molecule has 1 fully saturated rings. The van der Waals surface area contributed by atoms with Crippen LogP contribution in [0, 0.1) is 11.7 Å². The number of aromatic nitrogens is 1. The zero-order chi connectivity index (χ0) is 24.8. The van der Waals surface area contributed by atoms with Gasteiger partial charge in [-0.2, -0.15) is 0 Å². The Bertz CT molecular complexity index is 1100. The van der Waals surface area contributed by atoms with Gasteiger partial charge in [0.05, 0.1) is 30.6 Å². The minimum absolute atomic E-state index is 0.0185. The summed E-state index contributed by atoms with van der Waals surface area (Å²) in [5.41, 5.74) is 2.82. The fourth-order valence-corrected chi connectivity index (χ4v) is 5.36. The van der Waals surface area contributed by atoms with E-state index in [0.29, 0.717) is 10.8 Å². The number of amides is 1. The average molecular weight is 496 g/mol. The molecule has 1 aliphatic carbocycles. The molecule has 35 heavy (non-hydrogen) atoms. The highest BCUT2D eigenvalue weighted by atomic mass is 32.2. The number of hydrogen-bond donors (Lipinski definition) is 2.